The van der Waals surface area contributed by atoms with Gasteiger partial charge in [0.05, 0.1) is 0 Å². The molecule has 1 rings (SSSR count). The van der Waals surface area contributed by atoms with Crippen molar-refractivity contribution in [2.45, 2.75) is 13.3 Å². The molecule has 0 aliphatic carbocycles. The Bertz CT molecular complexity index is 98.3. The summed E-state index contributed by atoms with van der Waals surface area (Å²) >= 11 is -0.615. The van der Waals surface area contributed by atoms with Gasteiger partial charge in [0, 0.05) is 6.42 Å². The summed E-state index contributed by atoms with van der Waals surface area (Å²) in [7, 11) is 0. The first-order chi connectivity index (χ1) is 3.29. The minimum atomic E-state index is -0.615. The first kappa shape index (κ1) is 5.19. The third kappa shape index (κ3) is 1.21. The minimum absolute atomic E-state index is 0.615. The van der Waals surface area contributed by atoms with Crippen LogP contribution in [0.15, 0.2) is 11.0 Å². The Morgan fingerprint density at radius 3 is 2.71 bits per heavy atom. The molecule has 0 aromatic heterocycles. The van der Waals surface area contributed by atoms with Gasteiger partial charge in [0.1, 0.15) is 11.2 Å². The van der Waals surface area contributed by atoms with E-state index in [0.717, 1.165) is 12.2 Å². The van der Waals surface area contributed by atoms with Crippen molar-refractivity contribution in [3.8, 4) is 0 Å². The molecule has 0 N–H and O–H groups in total. The van der Waals surface area contributed by atoms with E-state index in [4.69, 9.17) is 0 Å². The zero-order valence-electron chi connectivity index (χ0n) is 4.31. The first-order valence-electron chi connectivity index (χ1n) is 2.33. The van der Waals surface area contributed by atoms with Crippen LogP contribution >= 0.6 is 0 Å². The molecule has 0 fully saturated rings. The summed E-state index contributed by atoms with van der Waals surface area (Å²) in [5.41, 5.74) is 1.28. The van der Waals surface area contributed by atoms with Crippen molar-refractivity contribution in [1.29, 1.82) is 0 Å². The summed E-state index contributed by atoms with van der Waals surface area (Å²) in [4.78, 5) is 0. The summed E-state index contributed by atoms with van der Waals surface area (Å²) in [6, 6.07) is 0. The molecular weight excluding hydrogens is 108 g/mol. The van der Waals surface area contributed by atoms with Crippen molar-refractivity contribution in [2.24, 2.45) is 0 Å². The van der Waals surface area contributed by atoms with E-state index in [1.54, 1.807) is 0 Å². The molecule has 0 aromatic rings. The van der Waals surface area contributed by atoms with E-state index < -0.39 is 11.2 Å². The molecule has 0 saturated carbocycles. The Kier molecular flexibility index (Phi) is 1.40. The van der Waals surface area contributed by atoms with Crippen molar-refractivity contribution in [2.75, 3.05) is 5.75 Å². The van der Waals surface area contributed by atoms with Crippen molar-refractivity contribution >= 4 is 11.2 Å². The largest absolute Gasteiger partial charge is 0.612 e. The zero-order chi connectivity index (χ0) is 5.28. The molecule has 1 heterocycles. The maximum atomic E-state index is 10.5. The molecule has 0 amide bonds. The topological polar surface area (TPSA) is 23.1 Å². The Morgan fingerprint density at radius 1 is 1.86 bits per heavy atom. The second kappa shape index (κ2) is 1.88. The average molecular weight is 116 g/mol. The maximum Gasteiger partial charge on any atom is 0.116 e. The van der Waals surface area contributed by atoms with Gasteiger partial charge < -0.3 is 4.55 Å². The van der Waals surface area contributed by atoms with Gasteiger partial charge in [0.2, 0.25) is 0 Å². The van der Waals surface area contributed by atoms with Gasteiger partial charge in [-0.3, -0.25) is 0 Å². The molecule has 0 spiro atoms. The molecule has 1 nitrogen and oxygen atoms in total. The van der Waals surface area contributed by atoms with Crippen LogP contribution in [-0.2, 0) is 11.2 Å². The van der Waals surface area contributed by atoms with E-state index in [-0.39, 0.29) is 0 Å². The lowest BCUT2D eigenvalue weighted by Gasteiger charge is -1.93. The van der Waals surface area contributed by atoms with Crippen LogP contribution in [-0.4, -0.2) is 10.3 Å². The summed E-state index contributed by atoms with van der Waals surface area (Å²) in [6.07, 6.45) is 1.03. The van der Waals surface area contributed by atoms with Crippen LogP contribution in [0.1, 0.15) is 13.3 Å². The van der Waals surface area contributed by atoms with Gasteiger partial charge in [-0.1, -0.05) is 0 Å². The highest BCUT2D eigenvalue weighted by Gasteiger charge is 2.11. The highest BCUT2D eigenvalue weighted by molar-refractivity contribution is 7.94. The van der Waals surface area contributed by atoms with Crippen LogP contribution in [0.5, 0.6) is 0 Å². The fourth-order valence-electron chi connectivity index (χ4n) is 0.604. The van der Waals surface area contributed by atoms with Crippen LogP contribution in [0.4, 0.5) is 0 Å². The molecule has 7 heavy (non-hydrogen) atoms. The van der Waals surface area contributed by atoms with Crippen LogP contribution in [0.25, 0.3) is 0 Å². The van der Waals surface area contributed by atoms with Crippen LogP contribution in [0, 0.1) is 0 Å². The van der Waals surface area contributed by atoms with E-state index in [0.29, 0.717) is 0 Å². The molecule has 1 aliphatic rings. The van der Waals surface area contributed by atoms with Gasteiger partial charge in [-0.05, 0) is 23.7 Å². The van der Waals surface area contributed by atoms with Crippen molar-refractivity contribution in [3.05, 3.63) is 11.0 Å². The lowest BCUT2D eigenvalue weighted by molar-refractivity contribution is 0.605. The standard InChI is InChI=1S/C5H8OS/c1-5-2-3-7(6)4-5/h4H,2-3H2,1H3. The number of hydrogen-bond acceptors (Lipinski definition) is 1. The fraction of sp³-hybridized carbons (Fsp3) is 0.600. The van der Waals surface area contributed by atoms with Crippen molar-refractivity contribution in [3.63, 3.8) is 0 Å². The molecule has 0 saturated heterocycles. The Balaban J connectivity index is 2.50. The zero-order valence-corrected chi connectivity index (χ0v) is 5.12. The van der Waals surface area contributed by atoms with E-state index >= 15 is 0 Å². The number of hydrogen-bond donors (Lipinski definition) is 0. The fourth-order valence-corrected chi connectivity index (χ4v) is 1.81. The normalized spacial score (nSPS) is 30.6. The predicted molar refractivity (Wildman–Crippen MR) is 31.4 cm³/mol. The van der Waals surface area contributed by atoms with Gasteiger partial charge in [-0.25, -0.2) is 0 Å². The van der Waals surface area contributed by atoms with E-state index in [1.165, 1.54) is 5.57 Å². The SMILES string of the molecule is CC1=C[S+]([O-])CC1. The summed E-state index contributed by atoms with van der Waals surface area (Å²) in [5.74, 6) is 0.853. The Morgan fingerprint density at radius 2 is 2.57 bits per heavy atom. The smallest absolute Gasteiger partial charge is 0.116 e. The van der Waals surface area contributed by atoms with Gasteiger partial charge >= 0.3 is 0 Å². The second-order valence-electron chi connectivity index (χ2n) is 1.80. The summed E-state index contributed by atoms with van der Waals surface area (Å²) < 4.78 is 10.5. The first-order valence-corrected chi connectivity index (χ1v) is 3.72. The average Bonchev–Trinajstić information content (AvgIpc) is 1.87. The lowest BCUT2D eigenvalue weighted by Crippen LogP contribution is -1.92. The molecule has 1 aliphatic heterocycles. The van der Waals surface area contributed by atoms with Gasteiger partial charge in [-0.15, -0.1) is 0 Å². The van der Waals surface area contributed by atoms with E-state index in [9.17, 15) is 4.55 Å². The van der Waals surface area contributed by atoms with E-state index in [1.807, 2.05) is 12.3 Å². The highest BCUT2D eigenvalue weighted by Crippen LogP contribution is 2.14. The summed E-state index contributed by atoms with van der Waals surface area (Å²) in [5, 5.41) is 1.83. The molecule has 0 radical (unpaired) electrons. The molecule has 40 valence electrons. The molecule has 2 heteroatoms. The van der Waals surface area contributed by atoms with Gasteiger partial charge in [0.15, 0.2) is 0 Å². The minimum Gasteiger partial charge on any atom is -0.612 e. The summed E-state index contributed by atoms with van der Waals surface area (Å²) in [6.45, 7) is 2.02. The third-order valence-electron chi connectivity index (χ3n) is 1.03. The van der Waals surface area contributed by atoms with Gasteiger partial charge in [-0.2, -0.15) is 0 Å². The molecule has 1 atom stereocenters. The number of rotatable bonds is 0. The third-order valence-corrected chi connectivity index (χ3v) is 2.30. The molecular formula is C5H8OS. The quantitative estimate of drug-likeness (QED) is 0.434. The van der Waals surface area contributed by atoms with Gasteiger partial charge in [0.25, 0.3) is 0 Å². The number of allylic oxidation sites excluding steroid dienone is 1. The lowest BCUT2D eigenvalue weighted by atomic mass is 10.3. The Labute approximate surface area is 46.6 Å². The molecule has 0 aromatic carbocycles. The Hall–Kier alpha value is 0.0500. The monoisotopic (exact) mass is 116 g/mol. The van der Waals surface area contributed by atoms with Crippen LogP contribution in [0.3, 0.4) is 0 Å². The predicted octanol–water partition coefficient (Wildman–Crippen LogP) is 1.04. The molecule has 0 bridgehead atoms. The maximum absolute atomic E-state index is 10.5. The van der Waals surface area contributed by atoms with Crippen LogP contribution in [0.2, 0.25) is 0 Å². The second-order valence-corrected chi connectivity index (χ2v) is 3.20. The van der Waals surface area contributed by atoms with Crippen molar-refractivity contribution < 1.29 is 4.55 Å². The van der Waals surface area contributed by atoms with Crippen LogP contribution < -0.4 is 0 Å². The van der Waals surface area contributed by atoms with Crippen molar-refractivity contribution in [1.82, 2.24) is 0 Å². The molecule has 1 unspecified atom stereocenters. The highest BCUT2D eigenvalue weighted by atomic mass is 32.2. The van der Waals surface area contributed by atoms with E-state index in [2.05, 4.69) is 0 Å².